The van der Waals surface area contributed by atoms with Crippen molar-refractivity contribution < 1.29 is 9.59 Å². The maximum atomic E-state index is 13.2. The number of nitrogens with zero attached hydrogens (tertiary/aromatic N) is 2. The lowest BCUT2D eigenvalue weighted by atomic mass is 9.49. The molecule has 0 saturated heterocycles. The van der Waals surface area contributed by atoms with E-state index in [0.29, 0.717) is 18.7 Å². The van der Waals surface area contributed by atoms with Crippen LogP contribution < -0.4 is 10.6 Å². The molecule has 4 aliphatic rings. The fourth-order valence-electron chi connectivity index (χ4n) is 7.11. The number of para-hydroxylation sites is 1. The van der Waals surface area contributed by atoms with Gasteiger partial charge in [0.2, 0.25) is 5.91 Å². The number of nitrogens with one attached hydrogen (secondary N) is 2. The first-order valence-corrected chi connectivity index (χ1v) is 12.8. The first-order valence-electron chi connectivity index (χ1n) is 12.8. The van der Waals surface area contributed by atoms with Crippen molar-refractivity contribution in [2.75, 3.05) is 0 Å². The van der Waals surface area contributed by atoms with Crippen LogP contribution in [0, 0.1) is 23.2 Å². The van der Waals surface area contributed by atoms with Gasteiger partial charge in [-0.1, -0.05) is 30.3 Å². The van der Waals surface area contributed by atoms with Crippen LogP contribution in [-0.2, 0) is 17.9 Å². The first kappa shape index (κ1) is 22.1. The Kier molecular flexibility index (Phi) is 5.67. The number of hydrogen-bond donors (Lipinski definition) is 2. The van der Waals surface area contributed by atoms with Crippen molar-refractivity contribution >= 4 is 11.8 Å². The van der Waals surface area contributed by atoms with E-state index in [-0.39, 0.29) is 17.2 Å². The molecular formula is C29H32N4O2. The van der Waals surface area contributed by atoms with E-state index in [4.69, 9.17) is 0 Å². The van der Waals surface area contributed by atoms with Gasteiger partial charge in [0.1, 0.15) is 0 Å². The predicted molar refractivity (Wildman–Crippen MR) is 134 cm³/mol. The third-order valence-electron chi connectivity index (χ3n) is 8.37. The largest absolute Gasteiger partial charge is 0.352 e. The molecule has 6 nitrogen and oxygen atoms in total. The van der Waals surface area contributed by atoms with Crippen molar-refractivity contribution in [1.82, 2.24) is 20.4 Å². The molecule has 2 N–H and O–H groups in total. The monoisotopic (exact) mass is 468 g/mol. The maximum absolute atomic E-state index is 13.2. The molecule has 0 atom stereocenters. The first-order chi connectivity index (χ1) is 17.1. The number of rotatable bonds is 7. The zero-order chi connectivity index (χ0) is 23.8. The summed E-state index contributed by atoms with van der Waals surface area (Å²) in [5.41, 5.74) is 3.44. The Bertz CT molecular complexity index is 1180. The van der Waals surface area contributed by atoms with Gasteiger partial charge in [0.05, 0.1) is 5.69 Å². The van der Waals surface area contributed by atoms with Gasteiger partial charge in [0.25, 0.3) is 5.91 Å². The fraction of sp³-hybridized carbons (Fsp3) is 0.414. The van der Waals surface area contributed by atoms with Gasteiger partial charge in [-0.15, -0.1) is 0 Å². The summed E-state index contributed by atoms with van der Waals surface area (Å²) < 4.78 is 1.80. The minimum Gasteiger partial charge on any atom is -0.352 e. The Balaban J connectivity index is 1.04. The van der Waals surface area contributed by atoms with Crippen molar-refractivity contribution in [3.8, 4) is 5.69 Å². The minimum atomic E-state index is -0.124. The second-order valence-electron chi connectivity index (χ2n) is 10.8. The van der Waals surface area contributed by atoms with Crippen LogP contribution in [0.15, 0.2) is 67.0 Å². The normalized spacial score (nSPS) is 26.5. The summed E-state index contributed by atoms with van der Waals surface area (Å²) in [6.45, 7) is 0.928. The third-order valence-corrected chi connectivity index (χ3v) is 8.37. The molecule has 2 amide bonds. The Hall–Kier alpha value is -3.41. The highest BCUT2D eigenvalue weighted by molar-refractivity contribution is 5.94. The number of amides is 2. The van der Waals surface area contributed by atoms with Gasteiger partial charge >= 0.3 is 0 Å². The number of benzene rings is 2. The number of carbonyl (C=O) groups excluding carboxylic acids is 2. The topological polar surface area (TPSA) is 76.0 Å². The van der Waals surface area contributed by atoms with Crippen LogP contribution in [0.2, 0.25) is 0 Å². The molecule has 1 aromatic heterocycles. The second-order valence-corrected chi connectivity index (χ2v) is 10.8. The Morgan fingerprint density at radius 1 is 0.857 bits per heavy atom. The molecule has 0 spiro atoms. The highest BCUT2D eigenvalue weighted by atomic mass is 16.2. The molecule has 2 aromatic carbocycles. The summed E-state index contributed by atoms with van der Waals surface area (Å²) >= 11 is 0. The summed E-state index contributed by atoms with van der Waals surface area (Å²) in [5, 5.41) is 10.5. The molecule has 3 aromatic rings. The van der Waals surface area contributed by atoms with Crippen LogP contribution in [0.3, 0.4) is 0 Å². The summed E-state index contributed by atoms with van der Waals surface area (Å²) in [6, 6.07) is 17.3. The molecule has 7 rings (SSSR count). The molecule has 35 heavy (non-hydrogen) atoms. The SMILES string of the molecule is O=C(NCc1ccccc1-n1cccn1)c1ccc(CNC(=O)C23CC4CC(CC(C4)C2)C3)cc1. The molecule has 180 valence electrons. The van der Waals surface area contributed by atoms with Crippen molar-refractivity contribution in [1.29, 1.82) is 0 Å². The highest BCUT2D eigenvalue weighted by Gasteiger charge is 2.54. The Morgan fingerprint density at radius 2 is 1.54 bits per heavy atom. The zero-order valence-corrected chi connectivity index (χ0v) is 20.0. The van der Waals surface area contributed by atoms with Crippen molar-refractivity contribution in [2.45, 2.75) is 51.6 Å². The van der Waals surface area contributed by atoms with E-state index in [1.54, 1.807) is 10.9 Å². The van der Waals surface area contributed by atoms with Crippen LogP contribution in [0.5, 0.6) is 0 Å². The molecule has 0 unspecified atom stereocenters. The molecular weight excluding hydrogens is 436 g/mol. The van der Waals surface area contributed by atoms with E-state index in [1.165, 1.54) is 19.3 Å². The van der Waals surface area contributed by atoms with Crippen LogP contribution in [0.1, 0.15) is 60.0 Å². The van der Waals surface area contributed by atoms with Gasteiger partial charge in [-0.25, -0.2) is 4.68 Å². The van der Waals surface area contributed by atoms with Crippen molar-refractivity contribution in [2.24, 2.45) is 23.2 Å². The second kappa shape index (κ2) is 8.99. The molecule has 4 fully saturated rings. The Morgan fingerprint density at radius 3 is 2.20 bits per heavy atom. The van der Waals surface area contributed by atoms with Gasteiger partial charge in [-0.3, -0.25) is 9.59 Å². The van der Waals surface area contributed by atoms with Crippen LogP contribution in [0.4, 0.5) is 0 Å². The number of hydrogen-bond acceptors (Lipinski definition) is 3. The quantitative estimate of drug-likeness (QED) is 0.531. The lowest BCUT2D eigenvalue weighted by molar-refractivity contribution is -0.146. The summed E-state index contributed by atoms with van der Waals surface area (Å²) in [5.74, 6) is 2.41. The summed E-state index contributed by atoms with van der Waals surface area (Å²) in [7, 11) is 0. The molecule has 6 heteroatoms. The molecule has 4 saturated carbocycles. The van der Waals surface area contributed by atoms with E-state index in [1.807, 2.05) is 60.8 Å². The predicted octanol–water partition coefficient (Wildman–Crippen LogP) is 4.63. The molecule has 4 aliphatic carbocycles. The molecule has 0 radical (unpaired) electrons. The van der Waals surface area contributed by atoms with Crippen LogP contribution in [0.25, 0.3) is 5.69 Å². The average molecular weight is 469 g/mol. The van der Waals surface area contributed by atoms with Gasteiger partial charge in [0, 0.05) is 36.5 Å². The lowest BCUT2D eigenvalue weighted by Crippen LogP contribution is -2.53. The van der Waals surface area contributed by atoms with E-state index >= 15 is 0 Å². The smallest absolute Gasteiger partial charge is 0.251 e. The minimum absolute atomic E-state index is 0.121. The lowest BCUT2D eigenvalue weighted by Gasteiger charge is -2.55. The van der Waals surface area contributed by atoms with Gasteiger partial charge in [-0.05, 0) is 91.7 Å². The summed E-state index contributed by atoms with van der Waals surface area (Å²) in [4.78, 5) is 25.9. The van der Waals surface area contributed by atoms with Crippen LogP contribution >= 0.6 is 0 Å². The highest BCUT2D eigenvalue weighted by Crippen LogP contribution is 2.60. The fourth-order valence-corrected chi connectivity index (χ4v) is 7.11. The summed E-state index contributed by atoms with van der Waals surface area (Å²) in [6.07, 6.45) is 10.9. The number of aromatic nitrogens is 2. The van der Waals surface area contributed by atoms with E-state index < -0.39 is 0 Å². The van der Waals surface area contributed by atoms with Gasteiger partial charge in [0.15, 0.2) is 0 Å². The van der Waals surface area contributed by atoms with Crippen LogP contribution in [-0.4, -0.2) is 21.6 Å². The van der Waals surface area contributed by atoms with E-state index in [9.17, 15) is 9.59 Å². The molecule has 4 bridgehead atoms. The Labute approximate surface area is 206 Å². The van der Waals surface area contributed by atoms with E-state index in [0.717, 1.165) is 53.8 Å². The molecule has 0 aliphatic heterocycles. The van der Waals surface area contributed by atoms with Crippen molar-refractivity contribution in [3.05, 3.63) is 83.7 Å². The maximum Gasteiger partial charge on any atom is 0.251 e. The average Bonchev–Trinajstić information content (AvgIpc) is 3.40. The van der Waals surface area contributed by atoms with E-state index in [2.05, 4.69) is 15.7 Å². The molecule has 1 heterocycles. The van der Waals surface area contributed by atoms with Gasteiger partial charge in [-0.2, -0.15) is 5.10 Å². The third kappa shape index (κ3) is 4.38. The standard InChI is InChI=1S/C29H32N4O2/c34-27(30-19-25-4-1-2-5-26(25)33-11-3-10-32-33)24-8-6-20(7-9-24)18-31-28(35)29-15-21-12-22(16-29)14-23(13-21)17-29/h1-11,21-23H,12-19H2,(H,30,34)(H,31,35). The van der Waals surface area contributed by atoms with Gasteiger partial charge < -0.3 is 10.6 Å². The number of carbonyl (C=O) groups is 2. The zero-order valence-electron chi connectivity index (χ0n) is 20.0. The van der Waals surface area contributed by atoms with Crippen molar-refractivity contribution in [3.63, 3.8) is 0 Å².